The van der Waals surface area contributed by atoms with Crippen molar-refractivity contribution in [3.05, 3.63) is 47.1 Å². The van der Waals surface area contributed by atoms with E-state index in [-0.39, 0.29) is 79.3 Å². The number of amides is 2. The van der Waals surface area contributed by atoms with E-state index in [2.05, 4.69) is 10.3 Å². The molecule has 2 aromatic rings. The van der Waals surface area contributed by atoms with Gasteiger partial charge < -0.3 is 29.3 Å². The Hall–Kier alpha value is -3.11. The number of sulfonamides is 1. The summed E-state index contributed by atoms with van der Waals surface area (Å²) in [6.07, 6.45) is 0.794. The molecule has 16 heteroatoms. The average Bonchev–Trinajstić information content (AvgIpc) is 3.65. The number of nitrogens with one attached hydrogen (secondary N) is 1. The number of piperazine rings is 1. The maximum atomic E-state index is 15.8. The van der Waals surface area contributed by atoms with Crippen LogP contribution in [0.5, 0.6) is 0 Å². The van der Waals surface area contributed by atoms with E-state index in [4.69, 9.17) is 25.8 Å². The Balaban J connectivity index is 1.06. The number of alkyl halides is 2. The van der Waals surface area contributed by atoms with Crippen LogP contribution >= 0.6 is 11.6 Å². The molecule has 0 unspecified atom stereocenters. The number of aromatic nitrogens is 1. The minimum atomic E-state index is -3.89. The first kappa shape index (κ1) is 35.7. The Kier molecular flexibility index (Phi) is 9.87. The van der Waals surface area contributed by atoms with Gasteiger partial charge in [-0.3, -0.25) is 4.79 Å². The number of carbonyl (C=O) groups is 2. The molecule has 1 aromatic carbocycles. The zero-order valence-corrected chi connectivity index (χ0v) is 29.4. The molecule has 1 aliphatic carbocycles. The number of nitrogens with zero attached hydrogens (tertiary/aromatic N) is 4. The lowest BCUT2D eigenvalue weighted by atomic mass is 9.79. The first-order valence-electron chi connectivity index (χ1n) is 16.5. The van der Waals surface area contributed by atoms with E-state index < -0.39 is 45.4 Å². The predicted octanol–water partition coefficient (Wildman–Crippen LogP) is 4.90. The minimum absolute atomic E-state index is 0.0551. The normalized spacial score (nSPS) is 22.6. The smallest absolute Gasteiger partial charge is 0.407 e. The molecule has 6 rings (SSSR count). The molecule has 3 saturated heterocycles. The first-order chi connectivity index (χ1) is 23.0. The van der Waals surface area contributed by atoms with E-state index in [9.17, 15) is 18.0 Å². The number of rotatable bonds is 7. The van der Waals surface area contributed by atoms with Crippen molar-refractivity contribution >= 4 is 45.1 Å². The molecule has 4 fully saturated rings. The molecule has 0 radical (unpaired) electrons. The fraction of sp³-hybridized carbons (Fsp3) is 0.606. The zero-order valence-electron chi connectivity index (χ0n) is 27.8. The summed E-state index contributed by atoms with van der Waals surface area (Å²) in [5, 5.41) is 2.65. The second-order valence-electron chi connectivity index (χ2n) is 14.0. The van der Waals surface area contributed by atoms with Crippen LogP contribution in [0, 0.1) is 5.92 Å². The molecule has 1 atom stereocenters. The molecule has 268 valence electrons. The fourth-order valence-corrected chi connectivity index (χ4v) is 8.54. The van der Waals surface area contributed by atoms with E-state index in [0.29, 0.717) is 31.7 Å². The number of hydrogen-bond acceptors (Lipinski definition) is 9. The topological polar surface area (TPSA) is 131 Å². The lowest BCUT2D eigenvalue weighted by Gasteiger charge is -2.39. The van der Waals surface area contributed by atoms with Crippen LogP contribution in [0.1, 0.15) is 58.4 Å². The van der Waals surface area contributed by atoms with Crippen LogP contribution < -0.4 is 15.1 Å². The summed E-state index contributed by atoms with van der Waals surface area (Å²) in [4.78, 5) is 32.5. The Morgan fingerprint density at radius 3 is 2.29 bits per heavy atom. The maximum absolute atomic E-state index is 15.8. The summed E-state index contributed by atoms with van der Waals surface area (Å²) < 4.78 is 76.7. The van der Waals surface area contributed by atoms with Crippen LogP contribution in [0.4, 0.5) is 25.1 Å². The second-order valence-corrected chi connectivity index (χ2v) is 16.3. The van der Waals surface area contributed by atoms with Crippen LogP contribution in [-0.2, 0) is 35.0 Å². The van der Waals surface area contributed by atoms with E-state index in [0.717, 1.165) is 0 Å². The lowest BCUT2D eigenvalue weighted by molar-refractivity contribution is -0.199. The average molecular weight is 726 g/mol. The van der Waals surface area contributed by atoms with Gasteiger partial charge in [-0.2, -0.15) is 4.31 Å². The SMILES string of the molecule is CC(C)(C)OC(=O)N[C@@H]1CC(=O)N(c2ccc(S(=O)(=O)N3CCN(c4cc(C(F)(F)C5CCC6(CC5)OCCO6)cc(Cl)n4)CC3)cc2)C1. The molecule has 1 aromatic heterocycles. The van der Waals surface area contributed by atoms with Crippen molar-refractivity contribution < 1.29 is 41.0 Å². The summed E-state index contributed by atoms with van der Waals surface area (Å²) in [6, 6.07) is 8.14. The molecule has 4 aliphatic rings. The number of ether oxygens (including phenoxy) is 3. The second kappa shape index (κ2) is 13.5. The molecule has 1 spiro atoms. The van der Waals surface area contributed by atoms with Crippen LogP contribution in [0.2, 0.25) is 5.15 Å². The Labute approximate surface area is 290 Å². The van der Waals surface area contributed by atoms with Gasteiger partial charge in [-0.1, -0.05) is 11.6 Å². The number of hydrogen-bond donors (Lipinski definition) is 1. The standard InChI is InChI=1S/C33H42ClF2N5O7S/c1-31(2,3)48-30(43)37-24-20-29(42)41(21-24)25-4-6-26(7-5-25)49(44,45)40-14-12-39(13-15-40)28-19-23(18-27(34)38-28)33(35,36)22-8-10-32(11-9-22)46-16-17-47-32/h4-7,18-19,22,24H,8-17,20-21H2,1-3H3,(H,37,43)/t24-/m1/s1. The monoisotopic (exact) mass is 725 g/mol. The Morgan fingerprint density at radius 1 is 1.04 bits per heavy atom. The van der Waals surface area contributed by atoms with Crippen molar-refractivity contribution in [2.24, 2.45) is 5.92 Å². The summed E-state index contributed by atoms with van der Waals surface area (Å²) >= 11 is 6.25. The molecule has 1 N–H and O–H groups in total. The van der Waals surface area contributed by atoms with Crippen molar-refractivity contribution in [2.45, 2.75) is 81.1 Å². The van der Waals surface area contributed by atoms with Crippen LogP contribution in [0.15, 0.2) is 41.3 Å². The highest BCUT2D eigenvalue weighted by atomic mass is 35.5. The molecule has 49 heavy (non-hydrogen) atoms. The highest BCUT2D eigenvalue weighted by molar-refractivity contribution is 7.89. The van der Waals surface area contributed by atoms with Crippen molar-refractivity contribution in [3.8, 4) is 0 Å². The third-order valence-corrected chi connectivity index (χ3v) is 11.5. The van der Waals surface area contributed by atoms with Gasteiger partial charge in [0.15, 0.2) is 5.79 Å². The first-order valence-corrected chi connectivity index (χ1v) is 18.4. The molecular weight excluding hydrogens is 684 g/mol. The van der Waals surface area contributed by atoms with Crippen molar-refractivity contribution in [1.82, 2.24) is 14.6 Å². The van der Waals surface area contributed by atoms with E-state index in [1.54, 1.807) is 37.8 Å². The number of anilines is 2. The van der Waals surface area contributed by atoms with Crippen molar-refractivity contribution in [1.29, 1.82) is 0 Å². The highest BCUT2D eigenvalue weighted by Crippen LogP contribution is 2.48. The van der Waals surface area contributed by atoms with E-state index >= 15 is 8.78 Å². The molecular formula is C33H42ClF2N5O7S. The van der Waals surface area contributed by atoms with Crippen LogP contribution in [-0.4, -0.2) is 93.1 Å². The van der Waals surface area contributed by atoms with Crippen LogP contribution in [0.3, 0.4) is 0 Å². The quantitative estimate of drug-likeness (QED) is 0.396. The van der Waals surface area contributed by atoms with Crippen molar-refractivity contribution in [3.63, 3.8) is 0 Å². The van der Waals surface area contributed by atoms with Gasteiger partial charge in [0.25, 0.3) is 5.92 Å². The van der Waals surface area contributed by atoms with Crippen molar-refractivity contribution in [2.75, 3.05) is 55.7 Å². The van der Waals surface area contributed by atoms with Gasteiger partial charge in [0.2, 0.25) is 15.9 Å². The van der Waals surface area contributed by atoms with Gasteiger partial charge in [-0.15, -0.1) is 0 Å². The highest BCUT2D eigenvalue weighted by Gasteiger charge is 2.49. The Morgan fingerprint density at radius 2 is 1.67 bits per heavy atom. The lowest BCUT2D eigenvalue weighted by Crippen LogP contribution is -2.49. The predicted molar refractivity (Wildman–Crippen MR) is 177 cm³/mol. The molecule has 4 heterocycles. The number of alkyl carbamates (subject to hydrolysis) is 1. The molecule has 3 aliphatic heterocycles. The Bertz CT molecular complexity index is 1650. The summed E-state index contributed by atoms with van der Waals surface area (Å²) in [5.74, 6) is -4.72. The van der Waals surface area contributed by atoms with Gasteiger partial charge in [0, 0.05) is 69.2 Å². The number of benzene rings is 1. The van der Waals surface area contributed by atoms with E-state index in [1.807, 2.05) is 0 Å². The van der Waals surface area contributed by atoms with Gasteiger partial charge in [-0.25, -0.2) is 27.0 Å². The summed E-state index contributed by atoms with van der Waals surface area (Å²) in [5.41, 5.74) is -0.376. The minimum Gasteiger partial charge on any atom is -0.444 e. The maximum Gasteiger partial charge on any atom is 0.407 e. The third kappa shape index (κ3) is 7.80. The molecule has 0 bridgehead atoms. The number of halogens is 3. The van der Waals surface area contributed by atoms with Crippen LogP contribution in [0.25, 0.3) is 0 Å². The van der Waals surface area contributed by atoms with Gasteiger partial charge in [0.05, 0.1) is 24.2 Å². The third-order valence-electron chi connectivity index (χ3n) is 9.43. The summed E-state index contributed by atoms with van der Waals surface area (Å²) in [7, 11) is -3.89. The number of pyridine rings is 1. The zero-order chi connectivity index (χ0) is 35.2. The van der Waals surface area contributed by atoms with E-state index in [1.165, 1.54) is 33.5 Å². The molecule has 1 saturated carbocycles. The largest absolute Gasteiger partial charge is 0.444 e. The molecule has 2 amide bonds. The van der Waals surface area contributed by atoms with Gasteiger partial charge in [-0.05, 0) is 70.0 Å². The number of carbonyl (C=O) groups excluding carboxylic acids is 2. The van der Waals surface area contributed by atoms with Gasteiger partial charge in [0.1, 0.15) is 16.6 Å². The summed E-state index contributed by atoms with van der Waals surface area (Å²) in [6.45, 7) is 7.10. The van der Waals surface area contributed by atoms with Gasteiger partial charge >= 0.3 is 6.09 Å². The molecule has 12 nitrogen and oxygen atoms in total. The fourth-order valence-electron chi connectivity index (χ4n) is 6.91.